The van der Waals surface area contributed by atoms with Crippen LogP contribution in [0, 0.1) is 0 Å². The van der Waals surface area contributed by atoms with Crippen LogP contribution in [0.15, 0.2) is 24.3 Å². The molecule has 0 heterocycles. The van der Waals surface area contributed by atoms with Crippen molar-refractivity contribution in [3.63, 3.8) is 0 Å². The fourth-order valence-electron chi connectivity index (χ4n) is 1.69. The molecule has 1 aromatic rings. The van der Waals surface area contributed by atoms with Crippen LogP contribution < -0.4 is 4.74 Å². The maximum absolute atomic E-state index is 12.2. The van der Waals surface area contributed by atoms with Gasteiger partial charge in [-0.25, -0.2) is 0 Å². The first kappa shape index (κ1) is 16.8. The molecule has 0 saturated heterocycles. The molecule has 0 radical (unpaired) electrons. The van der Waals surface area contributed by atoms with Gasteiger partial charge >= 0.3 is 0 Å². The quantitative estimate of drug-likeness (QED) is 0.792. The van der Waals surface area contributed by atoms with E-state index in [1.54, 1.807) is 38.3 Å². The molecule has 20 heavy (non-hydrogen) atoms. The summed E-state index contributed by atoms with van der Waals surface area (Å²) in [5.41, 5.74) is 0. The summed E-state index contributed by atoms with van der Waals surface area (Å²) in [5, 5.41) is 9.46. The molecule has 0 aromatic heterocycles. The zero-order chi connectivity index (χ0) is 15.0. The number of rotatable bonds is 8. The molecule has 1 N–H and O–H groups in total. The largest absolute Gasteiger partial charge is 0.479 e. The van der Waals surface area contributed by atoms with Gasteiger partial charge in [-0.2, -0.15) is 0 Å². The molecule has 0 spiro atoms. The first-order valence-corrected chi connectivity index (χ1v) is 6.77. The maximum Gasteiger partial charge on any atom is 0.263 e. The Morgan fingerprint density at radius 3 is 2.70 bits per heavy atom. The third-order valence-electron chi connectivity index (χ3n) is 2.74. The second-order valence-electron chi connectivity index (χ2n) is 4.23. The summed E-state index contributed by atoms with van der Waals surface area (Å²) < 4.78 is 10.5. The predicted molar refractivity (Wildman–Crippen MR) is 77.1 cm³/mol. The third kappa shape index (κ3) is 5.00. The number of aliphatic hydroxyl groups is 1. The van der Waals surface area contributed by atoms with Crippen molar-refractivity contribution < 1.29 is 19.4 Å². The number of carbonyl (C=O) groups excluding carboxylic acids is 1. The minimum Gasteiger partial charge on any atom is -0.479 e. The molecule has 1 atom stereocenters. The number of halogens is 1. The van der Waals surface area contributed by atoms with Crippen LogP contribution in [0.2, 0.25) is 5.02 Å². The van der Waals surface area contributed by atoms with Crippen LogP contribution in [0.4, 0.5) is 0 Å². The lowest BCUT2D eigenvalue weighted by Crippen LogP contribution is -2.43. The molecular weight excluding hydrogens is 282 g/mol. The molecule has 0 bridgehead atoms. The van der Waals surface area contributed by atoms with E-state index in [0.717, 1.165) is 0 Å². The molecule has 1 amide bonds. The highest BCUT2D eigenvalue weighted by molar-refractivity contribution is 6.32. The number of carbonyl (C=O) groups is 1. The number of benzene rings is 1. The molecular formula is C14H20ClNO4. The van der Waals surface area contributed by atoms with E-state index < -0.39 is 6.10 Å². The van der Waals surface area contributed by atoms with E-state index in [0.29, 0.717) is 23.9 Å². The van der Waals surface area contributed by atoms with Crippen LogP contribution >= 0.6 is 11.6 Å². The van der Waals surface area contributed by atoms with Crippen molar-refractivity contribution in [2.45, 2.75) is 13.0 Å². The van der Waals surface area contributed by atoms with Gasteiger partial charge < -0.3 is 19.5 Å². The molecule has 6 heteroatoms. The van der Waals surface area contributed by atoms with Gasteiger partial charge in [0.2, 0.25) is 0 Å². The summed E-state index contributed by atoms with van der Waals surface area (Å²) in [4.78, 5) is 13.8. The van der Waals surface area contributed by atoms with E-state index in [1.807, 2.05) is 0 Å². The van der Waals surface area contributed by atoms with Crippen molar-refractivity contribution in [3.8, 4) is 5.75 Å². The van der Waals surface area contributed by atoms with E-state index in [9.17, 15) is 4.79 Å². The van der Waals surface area contributed by atoms with Gasteiger partial charge in [-0.1, -0.05) is 23.7 Å². The summed E-state index contributed by atoms with van der Waals surface area (Å²) in [6.45, 7) is 2.62. The highest BCUT2D eigenvalue weighted by atomic mass is 35.5. The van der Waals surface area contributed by atoms with E-state index in [2.05, 4.69) is 0 Å². The van der Waals surface area contributed by atoms with E-state index >= 15 is 0 Å². The number of nitrogens with zero attached hydrogens (tertiary/aromatic N) is 1. The summed E-state index contributed by atoms with van der Waals surface area (Å²) in [7, 11) is 1.56. The van der Waals surface area contributed by atoms with E-state index in [1.165, 1.54) is 4.90 Å². The van der Waals surface area contributed by atoms with Gasteiger partial charge in [-0.15, -0.1) is 0 Å². The number of para-hydroxylation sites is 1. The Hall–Kier alpha value is -1.30. The first-order valence-electron chi connectivity index (χ1n) is 6.40. The molecule has 1 rings (SSSR count). The number of amides is 1. The Labute approximate surface area is 124 Å². The summed E-state index contributed by atoms with van der Waals surface area (Å²) in [6.07, 6.45) is -0.682. The van der Waals surface area contributed by atoms with Gasteiger partial charge in [-0.05, 0) is 19.1 Å². The smallest absolute Gasteiger partial charge is 0.263 e. The Morgan fingerprint density at radius 2 is 2.10 bits per heavy atom. The Balaban J connectivity index is 2.66. The predicted octanol–water partition coefficient (Wildman–Crippen LogP) is 1.57. The number of aliphatic hydroxyl groups excluding tert-OH is 1. The van der Waals surface area contributed by atoms with Crippen molar-refractivity contribution in [2.24, 2.45) is 0 Å². The van der Waals surface area contributed by atoms with Crippen LogP contribution in [0.3, 0.4) is 0 Å². The van der Waals surface area contributed by atoms with Gasteiger partial charge in [0, 0.05) is 20.2 Å². The molecule has 0 aliphatic carbocycles. The molecule has 1 aromatic carbocycles. The average Bonchev–Trinajstić information content (AvgIpc) is 2.45. The number of hydrogen-bond acceptors (Lipinski definition) is 4. The fraction of sp³-hybridized carbons (Fsp3) is 0.500. The van der Waals surface area contributed by atoms with Crippen molar-refractivity contribution in [1.82, 2.24) is 4.90 Å². The van der Waals surface area contributed by atoms with Crippen LogP contribution in [-0.4, -0.2) is 55.4 Å². The second kappa shape index (κ2) is 8.79. The van der Waals surface area contributed by atoms with Crippen LogP contribution in [0.5, 0.6) is 5.75 Å². The Kier molecular flexibility index (Phi) is 7.36. The first-order chi connectivity index (χ1) is 9.60. The van der Waals surface area contributed by atoms with Crippen molar-refractivity contribution in [3.05, 3.63) is 29.3 Å². The summed E-state index contributed by atoms with van der Waals surface area (Å²) in [5.74, 6) is 0.252. The maximum atomic E-state index is 12.2. The normalized spacial score (nSPS) is 12.0. The fourth-order valence-corrected chi connectivity index (χ4v) is 1.87. The molecule has 1 unspecified atom stereocenters. The van der Waals surface area contributed by atoms with Gasteiger partial charge in [-0.3, -0.25) is 4.79 Å². The monoisotopic (exact) mass is 301 g/mol. The average molecular weight is 302 g/mol. The van der Waals surface area contributed by atoms with Crippen molar-refractivity contribution in [2.75, 3.05) is 33.4 Å². The minimum atomic E-state index is -0.682. The third-order valence-corrected chi connectivity index (χ3v) is 3.05. The van der Waals surface area contributed by atoms with Crippen LogP contribution in [-0.2, 0) is 9.53 Å². The lowest BCUT2D eigenvalue weighted by atomic mass is 10.3. The van der Waals surface area contributed by atoms with Crippen molar-refractivity contribution in [1.29, 1.82) is 0 Å². The molecule has 0 fully saturated rings. The lowest BCUT2D eigenvalue weighted by molar-refractivity contribution is -0.139. The molecule has 0 aliphatic rings. The number of hydrogen-bond donors (Lipinski definition) is 1. The van der Waals surface area contributed by atoms with Crippen LogP contribution in [0.1, 0.15) is 6.92 Å². The minimum absolute atomic E-state index is 0.103. The number of methoxy groups -OCH3 is 1. The van der Waals surface area contributed by atoms with Crippen LogP contribution in [0.25, 0.3) is 0 Å². The number of ether oxygens (including phenoxy) is 2. The highest BCUT2D eigenvalue weighted by Crippen LogP contribution is 2.24. The SMILES string of the molecule is COCCN(CCO)C(=O)C(C)Oc1ccccc1Cl. The molecule has 112 valence electrons. The zero-order valence-electron chi connectivity index (χ0n) is 11.7. The standard InChI is InChI=1S/C14H20ClNO4/c1-11(20-13-6-4-3-5-12(13)15)14(18)16(7-9-17)8-10-19-2/h3-6,11,17H,7-10H2,1-2H3. The molecule has 0 saturated carbocycles. The van der Waals surface area contributed by atoms with Gasteiger partial charge in [0.25, 0.3) is 5.91 Å². The molecule has 0 aliphatic heterocycles. The van der Waals surface area contributed by atoms with E-state index in [4.69, 9.17) is 26.2 Å². The van der Waals surface area contributed by atoms with Gasteiger partial charge in [0.15, 0.2) is 6.10 Å². The Morgan fingerprint density at radius 1 is 1.40 bits per heavy atom. The summed E-state index contributed by atoms with van der Waals surface area (Å²) >= 11 is 5.99. The summed E-state index contributed by atoms with van der Waals surface area (Å²) in [6, 6.07) is 6.98. The van der Waals surface area contributed by atoms with Gasteiger partial charge in [0.1, 0.15) is 5.75 Å². The lowest BCUT2D eigenvalue weighted by Gasteiger charge is -2.25. The van der Waals surface area contributed by atoms with Crippen molar-refractivity contribution >= 4 is 17.5 Å². The zero-order valence-corrected chi connectivity index (χ0v) is 12.5. The van der Waals surface area contributed by atoms with E-state index in [-0.39, 0.29) is 19.1 Å². The Bertz CT molecular complexity index is 427. The highest BCUT2D eigenvalue weighted by Gasteiger charge is 2.22. The van der Waals surface area contributed by atoms with Gasteiger partial charge in [0.05, 0.1) is 18.2 Å². The topological polar surface area (TPSA) is 59.0 Å². The second-order valence-corrected chi connectivity index (χ2v) is 4.64. The molecule has 5 nitrogen and oxygen atoms in total.